The summed E-state index contributed by atoms with van der Waals surface area (Å²) in [6.45, 7) is 2.91. The minimum absolute atomic E-state index is 0.0664. The average Bonchev–Trinajstić information content (AvgIpc) is 2.54. The first-order valence-electron chi connectivity index (χ1n) is 7.87. The van der Waals surface area contributed by atoms with E-state index in [0.29, 0.717) is 13.1 Å². The first-order chi connectivity index (χ1) is 10.8. The third kappa shape index (κ3) is 4.47. The van der Waals surface area contributed by atoms with Crippen molar-refractivity contribution in [3.63, 3.8) is 0 Å². The molecule has 0 radical (unpaired) electrons. The maximum Gasteiger partial charge on any atom is 0.416 e. The van der Waals surface area contributed by atoms with E-state index in [-0.39, 0.29) is 30.4 Å². The van der Waals surface area contributed by atoms with E-state index >= 15 is 0 Å². The minimum Gasteiger partial charge on any atom is -0.396 e. The van der Waals surface area contributed by atoms with Crippen LogP contribution >= 0.6 is 0 Å². The topological polar surface area (TPSA) is 40.5 Å². The Labute approximate surface area is 134 Å². The molecule has 1 atom stereocenters. The molecule has 1 aromatic rings. The maximum absolute atomic E-state index is 13.1. The number of benzene rings is 1. The number of carbonyl (C=O) groups excluding carboxylic acids is 1. The third-order valence-corrected chi connectivity index (χ3v) is 4.50. The molecule has 1 aliphatic heterocycles. The predicted molar refractivity (Wildman–Crippen MR) is 80.9 cm³/mol. The zero-order valence-corrected chi connectivity index (χ0v) is 13.1. The summed E-state index contributed by atoms with van der Waals surface area (Å²) in [5.41, 5.74) is -0.502. The Morgan fingerprint density at radius 2 is 1.91 bits per heavy atom. The van der Waals surface area contributed by atoms with Gasteiger partial charge in [0.2, 0.25) is 5.91 Å². The van der Waals surface area contributed by atoms with Gasteiger partial charge in [-0.3, -0.25) is 4.79 Å². The summed E-state index contributed by atoms with van der Waals surface area (Å²) in [7, 11) is 0. The summed E-state index contributed by atoms with van der Waals surface area (Å²) in [5.74, 6) is -0.385. The molecule has 2 rings (SSSR count). The molecule has 0 aliphatic carbocycles. The Morgan fingerprint density at radius 1 is 1.30 bits per heavy atom. The molecule has 0 saturated carbocycles. The second kappa shape index (κ2) is 7.34. The quantitative estimate of drug-likeness (QED) is 0.919. The van der Waals surface area contributed by atoms with Crippen molar-refractivity contribution >= 4 is 5.91 Å². The lowest BCUT2D eigenvalue weighted by atomic mass is 9.91. The van der Waals surface area contributed by atoms with Crippen molar-refractivity contribution in [2.24, 2.45) is 5.92 Å². The molecule has 1 amide bonds. The molecule has 1 aliphatic rings. The number of rotatable bonds is 4. The molecular formula is C17H22F3NO2. The van der Waals surface area contributed by atoms with Crippen LogP contribution in [0.3, 0.4) is 0 Å². The van der Waals surface area contributed by atoms with Gasteiger partial charge < -0.3 is 10.0 Å². The van der Waals surface area contributed by atoms with Gasteiger partial charge in [0.1, 0.15) is 0 Å². The molecule has 0 bridgehead atoms. The van der Waals surface area contributed by atoms with Crippen molar-refractivity contribution in [1.29, 1.82) is 0 Å². The summed E-state index contributed by atoms with van der Waals surface area (Å²) in [5, 5.41) is 9.11. The molecule has 1 N–H and O–H groups in total. The smallest absolute Gasteiger partial charge is 0.396 e. The van der Waals surface area contributed by atoms with Crippen LogP contribution in [0.2, 0.25) is 0 Å². The monoisotopic (exact) mass is 329 g/mol. The second-order valence-corrected chi connectivity index (χ2v) is 6.20. The van der Waals surface area contributed by atoms with Crippen molar-refractivity contribution in [2.45, 2.75) is 38.3 Å². The van der Waals surface area contributed by atoms with Gasteiger partial charge in [-0.1, -0.05) is 25.1 Å². The van der Waals surface area contributed by atoms with Gasteiger partial charge in [-0.25, -0.2) is 0 Å². The van der Waals surface area contributed by atoms with E-state index in [1.165, 1.54) is 12.1 Å². The zero-order chi connectivity index (χ0) is 17.0. The van der Waals surface area contributed by atoms with Crippen LogP contribution in [0.25, 0.3) is 0 Å². The van der Waals surface area contributed by atoms with E-state index in [9.17, 15) is 18.0 Å². The van der Waals surface area contributed by atoms with Crippen LogP contribution in [0.5, 0.6) is 0 Å². The summed E-state index contributed by atoms with van der Waals surface area (Å²) in [4.78, 5) is 14.0. The molecule has 3 nitrogen and oxygen atoms in total. The Kier molecular flexibility index (Phi) is 5.68. The highest BCUT2D eigenvalue weighted by molar-refractivity contribution is 5.77. The second-order valence-electron chi connectivity index (χ2n) is 6.20. The number of aliphatic hydroxyl groups excluding tert-OH is 1. The lowest BCUT2D eigenvalue weighted by Gasteiger charge is -2.32. The van der Waals surface area contributed by atoms with Crippen molar-refractivity contribution in [1.82, 2.24) is 4.90 Å². The Balaban J connectivity index is 2.02. The molecule has 6 heteroatoms. The van der Waals surface area contributed by atoms with Crippen LogP contribution in [0.4, 0.5) is 13.2 Å². The fourth-order valence-electron chi connectivity index (χ4n) is 3.05. The summed E-state index contributed by atoms with van der Waals surface area (Å²) >= 11 is 0. The van der Waals surface area contributed by atoms with Gasteiger partial charge in [0, 0.05) is 26.1 Å². The molecular weight excluding hydrogens is 307 g/mol. The highest BCUT2D eigenvalue weighted by Crippen LogP contribution is 2.36. The Morgan fingerprint density at radius 3 is 2.48 bits per heavy atom. The number of carbonyl (C=O) groups is 1. The SMILES string of the molecule is CC(CC(=O)N1CCC(CO)CC1)c1ccccc1C(F)(F)F. The third-order valence-electron chi connectivity index (χ3n) is 4.50. The van der Waals surface area contributed by atoms with E-state index in [4.69, 9.17) is 5.11 Å². The number of hydrogen-bond donors (Lipinski definition) is 1. The lowest BCUT2D eigenvalue weighted by molar-refractivity contribution is -0.139. The first-order valence-corrected chi connectivity index (χ1v) is 7.87. The van der Waals surface area contributed by atoms with E-state index in [0.717, 1.165) is 18.9 Å². The number of piperidine rings is 1. The van der Waals surface area contributed by atoms with Gasteiger partial charge in [0.05, 0.1) is 5.56 Å². The molecule has 1 unspecified atom stereocenters. The van der Waals surface area contributed by atoms with Gasteiger partial charge in [-0.2, -0.15) is 13.2 Å². The fraction of sp³-hybridized carbons (Fsp3) is 0.588. The Bertz CT molecular complexity index is 537. The summed E-state index contributed by atoms with van der Waals surface area (Å²) in [6.07, 6.45) is -2.85. The minimum atomic E-state index is -4.41. The van der Waals surface area contributed by atoms with Gasteiger partial charge >= 0.3 is 6.18 Å². The van der Waals surface area contributed by atoms with Crippen LogP contribution in [0.1, 0.15) is 43.2 Å². The van der Waals surface area contributed by atoms with E-state index in [1.807, 2.05) is 0 Å². The standard InChI is InChI=1S/C17H22F3NO2/c1-12(14-4-2-3-5-15(14)17(18,19)20)10-16(23)21-8-6-13(11-22)7-9-21/h2-5,12-13,22H,6-11H2,1H3. The number of aliphatic hydroxyl groups is 1. The lowest BCUT2D eigenvalue weighted by Crippen LogP contribution is -2.39. The first kappa shape index (κ1) is 17.8. The van der Waals surface area contributed by atoms with Gasteiger partial charge in [0.15, 0.2) is 0 Å². The van der Waals surface area contributed by atoms with E-state index < -0.39 is 17.7 Å². The van der Waals surface area contributed by atoms with Crippen LogP contribution in [-0.4, -0.2) is 35.6 Å². The Hall–Kier alpha value is -1.56. The average molecular weight is 329 g/mol. The largest absolute Gasteiger partial charge is 0.416 e. The highest BCUT2D eigenvalue weighted by atomic mass is 19.4. The fourth-order valence-corrected chi connectivity index (χ4v) is 3.05. The van der Waals surface area contributed by atoms with Crippen molar-refractivity contribution in [3.8, 4) is 0 Å². The van der Waals surface area contributed by atoms with Gasteiger partial charge in [-0.05, 0) is 36.3 Å². The van der Waals surface area contributed by atoms with Crippen LogP contribution in [-0.2, 0) is 11.0 Å². The molecule has 1 heterocycles. The summed E-state index contributed by atoms with van der Waals surface area (Å²) in [6, 6.07) is 5.43. The van der Waals surface area contributed by atoms with Crippen LogP contribution < -0.4 is 0 Å². The van der Waals surface area contributed by atoms with Crippen molar-refractivity contribution in [2.75, 3.05) is 19.7 Å². The van der Waals surface area contributed by atoms with Gasteiger partial charge in [-0.15, -0.1) is 0 Å². The molecule has 0 spiro atoms. The van der Waals surface area contributed by atoms with Crippen LogP contribution in [0.15, 0.2) is 24.3 Å². The molecule has 1 saturated heterocycles. The van der Waals surface area contributed by atoms with Crippen molar-refractivity contribution < 1.29 is 23.1 Å². The summed E-state index contributed by atoms with van der Waals surface area (Å²) < 4.78 is 39.2. The van der Waals surface area contributed by atoms with Gasteiger partial charge in [0.25, 0.3) is 0 Å². The molecule has 1 aromatic carbocycles. The number of likely N-dealkylation sites (tertiary alicyclic amines) is 1. The molecule has 23 heavy (non-hydrogen) atoms. The number of nitrogens with zero attached hydrogens (tertiary/aromatic N) is 1. The number of halogens is 3. The molecule has 0 aromatic heterocycles. The van der Waals surface area contributed by atoms with E-state index in [2.05, 4.69) is 0 Å². The normalized spacial score (nSPS) is 18.0. The predicted octanol–water partition coefficient (Wildman–Crippen LogP) is 3.43. The van der Waals surface area contributed by atoms with Crippen LogP contribution in [0, 0.1) is 5.92 Å². The zero-order valence-electron chi connectivity index (χ0n) is 13.1. The number of hydrogen-bond acceptors (Lipinski definition) is 2. The highest BCUT2D eigenvalue weighted by Gasteiger charge is 2.34. The van der Waals surface area contributed by atoms with E-state index in [1.54, 1.807) is 17.9 Å². The molecule has 1 fully saturated rings. The number of amides is 1. The molecule has 128 valence electrons. The maximum atomic E-state index is 13.1. The number of alkyl halides is 3. The van der Waals surface area contributed by atoms with Crippen molar-refractivity contribution in [3.05, 3.63) is 35.4 Å².